The second-order valence-corrected chi connectivity index (χ2v) is 5.84. The van der Waals surface area contributed by atoms with E-state index in [2.05, 4.69) is 10.3 Å². The molecule has 152 valence electrons. The number of rotatable bonds is 5. The molecule has 0 aliphatic heterocycles. The Balaban J connectivity index is 0.000000438. The highest BCUT2D eigenvalue weighted by atomic mass is 19.1. The molecule has 0 atom stereocenters. The summed E-state index contributed by atoms with van der Waals surface area (Å²) in [5, 5.41) is 18.0. The van der Waals surface area contributed by atoms with E-state index in [1.54, 1.807) is 19.2 Å². The number of carboxylic acid groups (broad SMARTS) is 2. The Kier molecular flexibility index (Phi) is 7.30. The summed E-state index contributed by atoms with van der Waals surface area (Å²) in [5.41, 5.74) is 3.07. The molecule has 2 aromatic carbocycles. The third-order valence-corrected chi connectivity index (χ3v) is 3.92. The molecular weight excluding hydrogens is 381 g/mol. The molecule has 0 saturated carbocycles. The molecule has 0 spiro atoms. The molecule has 0 aliphatic rings. The molecule has 3 aromatic rings. The van der Waals surface area contributed by atoms with Crippen LogP contribution in [0, 0.1) is 5.82 Å². The summed E-state index contributed by atoms with van der Waals surface area (Å²) >= 11 is 0. The van der Waals surface area contributed by atoms with E-state index in [-0.39, 0.29) is 5.82 Å². The van der Waals surface area contributed by atoms with E-state index in [1.807, 2.05) is 42.1 Å². The first-order chi connectivity index (χ1) is 13.8. The van der Waals surface area contributed by atoms with Gasteiger partial charge in [-0.1, -0.05) is 12.1 Å². The monoisotopic (exact) mass is 401 g/mol. The minimum absolute atomic E-state index is 0.229. The van der Waals surface area contributed by atoms with Crippen LogP contribution in [0.5, 0.6) is 5.75 Å². The van der Waals surface area contributed by atoms with Crippen molar-refractivity contribution in [2.45, 2.75) is 6.54 Å². The van der Waals surface area contributed by atoms with Gasteiger partial charge in [0, 0.05) is 19.2 Å². The largest absolute Gasteiger partial charge is 0.497 e. The second-order valence-electron chi connectivity index (χ2n) is 5.84. The molecule has 0 aliphatic carbocycles. The number of aliphatic carboxylic acids is 2. The molecule has 0 fully saturated rings. The van der Waals surface area contributed by atoms with Crippen LogP contribution in [-0.4, -0.2) is 38.8 Å². The zero-order valence-corrected chi connectivity index (χ0v) is 15.8. The van der Waals surface area contributed by atoms with Gasteiger partial charge < -0.3 is 24.8 Å². The lowest BCUT2D eigenvalue weighted by Crippen LogP contribution is -2.09. The van der Waals surface area contributed by atoms with Crippen molar-refractivity contribution in [3.63, 3.8) is 0 Å². The van der Waals surface area contributed by atoms with Gasteiger partial charge in [0.15, 0.2) is 0 Å². The van der Waals surface area contributed by atoms with Gasteiger partial charge in [0.25, 0.3) is 0 Å². The van der Waals surface area contributed by atoms with Crippen molar-refractivity contribution >= 4 is 17.9 Å². The molecule has 8 nitrogen and oxygen atoms in total. The summed E-state index contributed by atoms with van der Waals surface area (Å²) in [6.45, 7) is 0.590. The van der Waals surface area contributed by atoms with Crippen molar-refractivity contribution in [1.29, 1.82) is 0 Å². The lowest BCUT2D eigenvalue weighted by atomic mass is 10.1. The van der Waals surface area contributed by atoms with Gasteiger partial charge in [0.05, 0.1) is 19.0 Å². The van der Waals surface area contributed by atoms with Crippen molar-refractivity contribution in [1.82, 2.24) is 9.55 Å². The fourth-order valence-electron chi connectivity index (χ4n) is 2.39. The predicted molar refractivity (Wildman–Crippen MR) is 104 cm³/mol. The van der Waals surface area contributed by atoms with Gasteiger partial charge in [-0.2, -0.15) is 0 Å². The van der Waals surface area contributed by atoms with E-state index in [4.69, 9.17) is 24.5 Å². The number of hydrogen-bond donors (Lipinski definition) is 3. The highest BCUT2D eigenvalue weighted by molar-refractivity contribution is 6.27. The standard InChI is InChI=1S/C18H18FN3O.C2H2O4/c1-22-17(14-5-9-16(23-2)10-6-14)12-21-18(22)20-11-13-3-7-15(19)8-4-13;3-1(4)2(5)6/h3-10,12H,11H2,1-2H3,(H,20,21);(H,3,4)(H,5,6). The summed E-state index contributed by atoms with van der Waals surface area (Å²) in [6.07, 6.45) is 1.83. The Morgan fingerprint density at radius 3 is 2.17 bits per heavy atom. The number of imidazole rings is 1. The van der Waals surface area contributed by atoms with Crippen LogP contribution >= 0.6 is 0 Å². The molecule has 1 heterocycles. The van der Waals surface area contributed by atoms with Gasteiger partial charge in [0.2, 0.25) is 5.95 Å². The summed E-state index contributed by atoms with van der Waals surface area (Å²) in [7, 11) is 3.61. The number of halogens is 1. The number of nitrogens with one attached hydrogen (secondary N) is 1. The van der Waals surface area contributed by atoms with Crippen LogP contribution in [0.1, 0.15) is 5.56 Å². The molecule has 3 rings (SSSR count). The van der Waals surface area contributed by atoms with E-state index >= 15 is 0 Å². The average molecular weight is 401 g/mol. The van der Waals surface area contributed by atoms with Crippen LogP contribution in [0.25, 0.3) is 11.3 Å². The smallest absolute Gasteiger partial charge is 0.414 e. The maximum absolute atomic E-state index is 12.9. The summed E-state index contributed by atoms with van der Waals surface area (Å²) < 4.78 is 20.1. The first kappa shape index (κ1) is 21.4. The summed E-state index contributed by atoms with van der Waals surface area (Å²) in [5.74, 6) is -2.29. The van der Waals surface area contributed by atoms with Crippen LogP contribution in [0.15, 0.2) is 54.7 Å². The fourth-order valence-corrected chi connectivity index (χ4v) is 2.39. The maximum atomic E-state index is 12.9. The fraction of sp³-hybridized carbons (Fsp3) is 0.150. The quantitative estimate of drug-likeness (QED) is 0.563. The molecule has 0 bridgehead atoms. The molecule has 29 heavy (non-hydrogen) atoms. The first-order valence-corrected chi connectivity index (χ1v) is 8.42. The average Bonchev–Trinajstić information content (AvgIpc) is 3.08. The van der Waals surface area contributed by atoms with Crippen molar-refractivity contribution in [3.8, 4) is 17.0 Å². The molecule has 0 radical (unpaired) electrons. The van der Waals surface area contributed by atoms with Gasteiger partial charge in [-0.05, 0) is 42.0 Å². The Bertz CT molecular complexity index is 957. The number of aromatic nitrogens is 2. The number of methoxy groups -OCH3 is 1. The van der Waals surface area contributed by atoms with Crippen LogP contribution in [-0.2, 0) is 23.2 Å². The lowest BCUT2D eigenvalue weighted by Gasteiger charge is -2.09. The van der Waals surface area contributed by atoms with Crippen LogP contribution < -0.4 is 10.1 Å². The van der Waals surface area contributed by atoms with Gasteiger partial charge in [-0.25, -0.2) is 19.0 Å². The van der Waals surface area contributed by atoms with Crippen LogP contribution in [0.3, 0.4) is 0 Å². The Morgan fingerprint density at radius 1 is 1.07 bits per heavy atom. The SMILES string of the molecule is COc1ccc(-c2cnc(NCc3ccc(F)cc3)n2C)cc1.O=C(O)C(=O)O. The minimum atomic E-state index is -1.82. The maximum Gasteiger partial charge on any atom is 0.414 e. The topological polar surface area (TPSA) is 114 Å². The number of carboxylic acids is 2. The third-order valence-electron chi connectivity index (χ3n) is 3.92. The number of ether oxygens (including phenoxy) is 1. The Hall–Kier alpha value is -3.88. The minimum Gasteiger partial charge on any atom is -0.497 e. The van der Waals surface area contributed by atoms with E-state index in [0.717, 1.165) is 28.5 Å². The van der Waals surface area contributed by atoms with E-state index in [9.17, 15) is 4.39 Å². The zero-order chi connectivity index (χ0) is 21.4. The Morgan fingerprint density at radius 2 is 1.66 bits per heavy atom. The highest BCUT2D eigenvalue weighted by Crippen LogP contribution is 2.24. The number of hydrogen-bond acceptors (Lipinski definition) is 5. The highest BCUT2D eigenvalue weighted by Gasteiger charge is 2.08. The van der Waals surface area contributed by atoms with E-state index in [1.165, 1.54) is 12.1 Å². The number of nitrogens with zero attached hydrogens (tertiary/aromatic N) is 2. The summed E-state index contributed by atoms with van der Waals surface area (Å²) in [6, 6.07) is 14.3. The third kappa shape index (κ3) is 6.06. The van der Waals surface area contributed by atoms with Crippen molar-refractivity contribution < 1.29 is 28.9 Å². The molecule has 9 heteroatoms. The molecule has 0 unspecified atom stereocenters. The van der Waals surface area contributed by atoms with Gasteiger partial charge >= 0.3 is 11.9 Å². The molecule has 3 N–H and O–H groups in total. The van der Waals surface area contributed by atoms with E-state index in [0.29, 0.717) is 6.54 Å². The van der Waals surface area contributed by atoms with Gasteiger partial charge in [-0.3, -0.25) is 0 Å². The van der Waals surface area contributed by atoms with E-state index < -0.39 is 11.9 Å². The lowest BCUT2D eigenvalue weighted by molar-refractivity contribution is -0.159. The predicted octanol–water partition coefficient (Wildman–Crippen LogP) is 3.00. The van der Waals surface area contributed by atoms with Crippen LogP contribution in [0.4, 0.5) is 10.3 Å². The van der Waals surface area contributed by atoms with Crippen molar-refractivity contribution in [3.05, 3.63) is 66.1 Å². The number of carbonyl (C=O) groups is 2. The van der Waals surface area contributed by atoms with Crippen molar-refractivity contribution in [2.24, 2.45) is 7.05 Å². The number of benzene rings is 2. The molecule has 0 saturated heterocycles. The molecule has 1 aromatic heterocycles. The summed E-state index contributed by atoms with van der Waals surface area (Å²) in [4.78, 5) is 22.6. The first-order valence-electron chi connectivity index (χ1n) is 8.42. The zero-order valence-electron chi connectivity index (χ0n) is 15.8. The molecular formula is C20H20FN3O5. The Labute approximate surface area is 166 Å². The van der Waals surface area contributed by atoms with Gasteiger partial charge in [0.1, 0.15) is 11.6 Å². The normalized spacial score (nSPS) is 9.90. The van der Waals surface area contributed by atoms with Crippen molar-refractivity contribution in [2.75, 3.05) is 12.4 Å². The molecule has 0 amide bonds. The van der Waals surface area contributed by atoms with Gasteiger partial charge in [-0.15, -0.1) is 0 Å². The number of anilines is 1. The van der Waals surface area contributed by atoms with Crippen LogP contribution in [0.2, 0.25) is 0 Å². The second kappa shape index (κ2) is 9.88.